The summed E-state index contributed by atoms with van der Waals surface area (Å²) < 4.78 is 4.01. The Morgan fingerprint density at radius 3 is 2.43 bits per heavy atom. The van der Waals surface area contributed by atoms with Crippen molar-refractivity contribution in [3.8, 4) is 0 Å². The van der Waals surface area contributed by atoms with Crippen molar-refractivity contribution in [2.75, 3.05) is 14.1 Å². The highest BCUT2D eigenvalue weighted by Crippen LogP contribution is 1.95. The van der Waals surface area contributed by atoms with Crippen LogP contribution < -0.4 is 0 Å². The van der Waals surface area contributed by atoms with Crippen molar-refractivity contribution in [1.82, 2.24) is 3.11 Å². The molecule has 0 rings (SSSR count). The van der Waals surface area contributed by atoms with Gasteiger partial charge in [-0.3, -0.25) is 8.11 Å². The van der Waals surface area contributed by atoms with Gasteiger partial charge in [0.05, 0.1) is 4.14 Å². The van der Waals surface area contributed by atoms with Crippen LogP contribution in [0.5, 0.6) is 0 Å². The highest BCUT2D eigenvalue weighted by molar-refractivity contribution is 14.2. The van der Waals surface area contributed by atoms with E-state index in [1.54, 1.807) is 0 Å². The molecule has 0 aromatic heterocycles. The van der Waals surface area contributed by atoms with Crippen molar-refractivity contribution in [2.24, 2.45) is 4.99 Å². The van der Waals surface area contributed by atoms with Crippen LogP contribution >= 0.6 is 21.0 Å². The zero-order chi connectivity index (χ0) is 5.70. The normalized spacial score (nSPS) is 11.9. The van der Waals surface area contributed by atoms with E-state index in [2.05, 4.69) is 14.8 Å². The van der Waals surface area contributed by atoms with E-state index in [9.17, 15) is 0 Å². The summed E-state index contributed by atoms with van der Waals surface area (Å²) >= 11 is 0.0443. The fourth-order valence-corrected chi connectivity index (χ4v) is 0.793. The molecule has 0 aliphatic carbocycles. The zero-order valence-electron chi connectivity index (χ0n) is 4.56. The van der Waals surface area contributed by atoms with Gasteiger partial charge in [0.2, 0.25) is 0 Å². The summed E-state index contributed by atoms with van der Waals surface area (Å²) in [6, 6.07) is 0. The van der Waals surface area contributed by atoms with Crippen LogP contribution in [0.1, 0.15) is 0 Å². The molecule has 0 radical (unpaired) electrons. The molecule has 0 unspecified atom stereocenters. The van der Waals surface area contributed by atoms with E-state index >= 15 is 0 Å². The third-order valence-corrected chi connectivity index (χ3v) is 2.06. The molecule has 42 valence electrons. The molecular formula is C4H9IN2. The first-order chi connectivity index (χ1) is 3.27. The number of nitrogens with zero attached hydrogens (tertiary/aromatic N) is 2. The molecule has 0 N–H and O–H groups in total. The zero-order valence-corrected chi connectivity index (χ0v) is 6.71. The smallest absolute Gasteiger partial charge is 0.0696 e. The van der Waals surface area contributed by atoms with Crippen LogP contribution in [0, 0.1) is 0 Å². The van der Waals surface area contributed by atoms with Gasteiger partial charge in [-0.1, -0.05) is 0 Å². The molecule has 0 fully saturated rings. The van der Waals surface area contributed by atoms with Gasteiger partial charge in [0.25, 0.3) is 0 Å². The lowest BCUT2D eigenvalue weighted by atomic mass is 11.3. The summed E-state index contributed by atoms with van der Waals surface area (Å²) in [6.45, 7) is 3.33. The second-order valence-corrected chi connectivity index (χ2v) is 4.21. The van der Waals surface area contributed by atoms with Gasteiger partial charge >= 0.3 is 0 Å². The standard InChI is InChI=1S/C4H9IN2/c1-6-4-5-7(2)3/h4H,1H2,2-3H3. The van der Waals surface area contributed by atoms with Crippen molar-refractivity contribution in [1.29, 1.82) is 0 Å². The number of hydrogen-bond donors (Lipinski definition) is 0. The Hall–Kier alpha value is 0.230. The Labute approximate surface area is 54.3 Å². The Bertz CT molecular complexity index is 77.8. The quantitative estimate of drug-likeness (QED) is 0.377. The van der Waals surface area contributed by atoms with Gasteiger partial charge in [-0.05, 0) is 41.8 Å². The van der Waals surface area contributed by atoms with Gasteiger partial charge in [0.15, 0.2) is 0 Å². The van der Waals surface area contributed by atoms with Gasteiger partial charge < -0.3 is 0 Å². The molecule has 3 heteroatoms. The fraction of sp³-hybridized carbons (Fsp3) is 0.500. The van der Waals surface area contributed by atoms with Gasteiger partial charge in [-0.25, -0.2) is 0 Å². The third-order valence-electron chi connectivity index (χ3n) is 0.308. The van der Waals surface area contributed by atoms with Crippen molar-refractivity contribution >= 4 is 31.9 Å². The van der Waals surface area contributed by atoms with E-state index in [0.29, 0.717) is 0 Å². The second kappa shape index (κ2) is 4.39. The second-order valence-electron chi connectivity index (χ2n) is 1.16. The Kier molecular flexibility index (Phi) is 4.53. The molecule has 0 saturated heterocycles. The molecular weight excluding hydrogens is 203 g/mol. The third kappa shape index (κ3) is 6.23. The molecule has 0 aromatic carbocycles. The van der Waals surface area contributed by atoms with Crippen LogP contribution in [0.25, 0.3) is 0 Å². The topological polar surface area (TPSA) is 15.6 Å². The van der Waals surface area contributed by atoms with Crippen LogP contribution in [-0.2, 0) is 0 Å². The van der Waals surface area contributed by atoms with Crippen molar-refractivity contribution in [2.45, 2.75) is 0 Å². The maximum absolute atomic E-state index is 3.61. The molecule has 0 saturated carbocycles. The molecule has 0 aliphatic heterocycles. The minimum Gasteiger partial charge on any atom is -0.265 e. The first kappa shape index (κ1) is 7.23. The van der Waals surface area contributed by atoms with Gasteiger partial charge in [-0.15, -0.1) is 0 Å². The van der Waals surface area contributed by atoms with Gasteiger partial charge in [0, 0.05) is 0 Å². The molecule has 2 nitrogen and oxygen atoms in total. The summed E-state index contributed by atoms with van der Waals surface area (Å²) in [5, 5.41) is 0. The first-order valence-electron chi connectivity index (χ1n) is 1.86. The summed E-state index contributed by atoms with van der Waals surface area (Å²) in [4.78, 5) is 3.61. The summed E-state index contributed by atoms with van der Waals surface area (Å²) in [6.07, 6.45) is 0. The summed E-state index contributed by atoms with van der Waals surface area (Å²) in [7, 11) is 4.07. The maximum Gasteiger partial charge on any atom is 0.0696 e. The van der Waals surface area contributed by atoms with Crippen molar-refractivity contribution < 1.29 is 0 Å². The average molecular weight is 212 g/mol. The van der Waals surface area contributed by atoms with E-state index in [1.807, 2.05) is 18.2 Å². The number of aliphatic imine (C=N–C) groups is 1. The average Bonchev–Trinajstić information content (AvgIpc) is 1.61. The highest BCUT2D eigenvalue weighted by Gasteiger charge is 1.71. The predicted molar refractivity (Wildman–Crippen MR) is 43.3 cm³/mol. The Balaban J connectivity index is 3.25. The van der Waals surface area contributed by atoms with Gasteiger partial charge in [-0.2, -0.15) is 0 Å². The van der Waals surface area contributed by atoms with E-state index in [0.717, 1.165) is 0 Å². The minimum atomic E-state index is 0.0443. The van der Waals surface area contributed by atoms with Crippen LogP contribution in [-0.4, -0.2) is 28.1 Å². The SMILES string of the molecule is C=NC=IN(C)C. The minimum absolute atomic E-state index is 0.0443. The summed E-state index contributed by atoms with van der Waals surface area (Å²) in [5.41, 5.74) is 0. The predicted octanol–water partition coefficient (Wildman–Crippen LogP) is 0.894. The lowest BCUT2D eigenvalue weighted by molar-refractivity contribution is 0.760. The Morgan fingerprint density at radius 1 is 1.71 bits per heavy atom. The first-order valence-corrected chi connectivity index (χ1v) is 4.07. The molecule has 7 heavy (non-hydrogen) atoms. The van der Waals surface area contributed by atoms with E-state index < -0.39 is 0 Å². The van der Waals surface area contributed by atoms with Crippen LogP contribution in [0.4, 0.5) is 0 Å². The lowest BCUT2D eigenvalue weighted by Gasteiger charge is -1.94. The maximum atomic E-state index is 3.61. The van der Waals surface area contributed by atoms with E-state index in [1.165, 1.54) is 0 Å². The Morgan fingerprint density at radius 2 is 2.29 bits per heavy atom. The van der Waals surface area contributed by atoms with E-state index in [-0.39, 0.29) is 21.0 Å². The summed E-state index contributed by atoms with van der Waals surface area (Å²) in [5.74, 6) is 0. The molecule has 0 amide bonds. The number of hydrogen-bond acceptors (Lipinski definition) is 2. The monoisotopic (exact) mass is 212 g/mol. The molecule has 0 bridgehead atoms. The lowest BCUT2D eigenvalue weighted by Crippen LogP contribution is -1.91. The van der Waals surface area contributed by atoms with E-state index in [4.69, 9.17) is 0 Å². The highest BCUT2D eigenvalue weighted by atomic mass is 127. The van der Waals surface area contributed by atoms with Crippen LogP contribution in [0.3, 0.4) is 0 Å². The largest absolute Gasteiger partial charge is 0.265 e. The van der Waals surface area contributed by atoms with Crippen molar-refractivity contribution in [3.63, 3.8) is 0 Å². The molecule has 0 aliphatic rings. The van der Waals surface area contributed by atoms with Crippen LogP contribution in [0.15, 0.2) is 4.99 Å². The number of halogens is 1. The van der Waals surface area contributed by atoms with Gasteiger partial charge in [0.1, 0.15) is 0 Å². The fourth-order valence-electron chi connectivity index (χ4n) is 0.118. The van der Waals surface area contributed by atoms with Crippen LogP contribution in [0.2, 0.25) is 0 Å². The van der Waals surface area contributed by atoms with Crippen molar-refractivity contribution in [3.05, 3.63) is 0 Å². The molecule has 0 aromatic rings. The molecule has 0 spiro atoms. The molecule has 0 atom stereocenters. The molecule has 0 heterocycles. The number of rotatable bonds is 2.